The summed E-state index contributed by atoms with van der Waals surface area (Å²) in [7, 11) is 0. The van der Waals surface area contributed by atoms with Crippen molar-refractivity contribution >= 4 is 5.78 Å². The summed E-state index contributed by atoms with van der Waals surface area (Å²) >= 11 is 0. The fourth-order valence-electron chi connectivity index (χ4n) is 2.50. The number of carbonyl (C=O) groups excluding carboxylic acids is 1. The van der Waals surface area contributed by atoms with Gasteiger partial charge in [-0.1, -0.05) is 20.8 Å². The normalized spacial score (nSPS) is 27.1. The van der Waals surface area contributed by atoms with Crippen LogP contribution >= 0.6 is 0 Å². The quantitative estimate of drug-likeness (QED) is 0.697. The van der Waals surface area contributed by atoms with E-state index in [0.717, 1.165) is 31.6 Å². The van der Waals surface area contributed by atoms with Crippen LogP contribution < -0.4 is 0 Å². The molecule has 1 aliphatic carbocycles. The number of rotatable bonds is 2. The average molecular weight is 207 g/mol. The molecule has 2 nitrogen and oxygen atoms in total. The van der Waals surface area contributed by atoms with Crippen molar-refractivity contribution in [3.63, 3.8) is 0 Å². The van der Waals surface area contributed by atoms with Gasteiger partial charge in [-0.3, -0.25) is 4.79 Å². The molecule has 0 unspecified atom stereocenters. The predicted molar refractivity (Wildman–Crippen MR) is 60.1 cm³/mol. The average Bonchev–Trinajstić information content (AvgIpc) is 2.17. The summed E-state index contributed by atoms with van der Waals surface area (Å²) in [6, 6.07) is 1.96. The van der Waals surface area contributed by atoms with Crippen molar-refractivity contribution in [2.24, 2.45) is 17.3 Å². The van der Waals surface area contributed by atoms with Gasteiger partial charge in [-0.15, -0.1) is 0 Å². The summed E-state index contributed by atoms with van der Waals surface area (Å²) in [6.07, 6.45) is 4.37. The number of carbonyl (C=O) groups is 1. The highest BCUT2D eigenvalue weighted by Gasteiger charge is 2.31. The molecule has 0 radical (unpaired) electrons. The first-order chi connectivity index (χ1) is 6.95. The Kier molecular flexibility index (Phi) is 3.90. The van der Waals surface area contributed by atoms with E-state index in [0.29, 0.717) is 5.41 Å². The Morgan fingerprint density at radius 1 is 1.27 bits per heavy atom. The molecular formula is C13H21NO. The van der Waals surface area contributed by atoms with E-state index in [1.807, 2.05) is 6.07 Å². The number of ketones is 1. The molecule has 1 saturated carbocycles. The molecule has 0 bridgehead atoms. The van der Waals surface area contributed by atoms with E-state index in [1.165, 1.54) is 0 Å². The zero-order chi connectivity index (χ0) is 11.5. The Labute approximate surface area is 92.7 Å². The van der Waals surface area contributed by atoms with Gasteiger partial charge in [0.2, 0.25) is 0 Å². The lowest BCUT2D eigenvalue weighted by atomic mass is 9.69. The SMILES string of the molecule is CC(C)(C)[C@H]1CC[C@H](C(=O)CC#N)CC1. The number of hydrogen-bond donors (Lipinski definition) is 0. The molecule has 0 aromatic rings. The van der Waals surface area contributed by atoms with Gasteiger partial charge in [0.15, 0.2) is 0 Å². The smallest absolute Gasteiger partial charge is 0.149 e. The summed E-state index contributed by atoms with van der Waals surface area (Å²) in [5.74, 6) is 1.07. The van der Waals surface area contributed by atoms with Crippen LogP contribution in [-0.2, 0) is 4.79 Å². The highest BCUT2D eigenvalue weighted by Crippen LogP contribution is 2.40. The first-order valence-electron chi connectivity index (χ1n) is 5.85. The number of nitriles is 1. The fourth-order valence-corrected chi connectivity index (χ4v) is 2.50. The van der Waals surface area contributed by atoms with E-state index in [1.54, 1.807) is 0 Å². The van der Waals surface area contributed by atoms with Crippen LogP contribution in [0, 0.1) is 28.6 Å². The number of Topliss-reactive ketones (excluding diaryl/α,β-unsaturated/α-hetero) is 1. The minimum Gasteiger partial charge on any atom is -0.298 e. The molecule has 0 aromatic heterocycles. The van der Waals surface area contributed by atoms with Gasteiger partial charge >= 0.3 is 0 Å². The molecule has 0 saturated heterocycles. The Hall–Kier alpha value is -0.840. The molecule has 0 spiro atoms. The van der Waals surface area contributed by atoms with Crippen molar-refractivity contribution in [2.75, 3.05) is 0 Å². The summed E-state index contributed by atoms with van der Waals surface area (Å²) in [5, 5.41) is 8.48. The van der Waals surface area contributed by atoms with Gasteiger partial charge in [0.05, 0.1) is 12.5 Å². The van der Waals surface area contributed by atoms with Crippen molar-refractivity contribution in [1.29, 1.82) is 5.26 Å². The molecule has 0 amide bonds. The van der Waals surface area contributed by atoms with Crippen molar-refractivity contribution in [3.8, 4) is 6.07 Å². The Morgan fingerprint density at radius 3 is 2.20 bits per heavy atom. The zero-order valence-electron chi connectivity index (χ0n) is 10.0. The lowest BCUT2D eigenvalue weighted by Gasteiger charge is -2.36. The van der Waals surface area contributed by atoms with Crippen LogP contribution in [0.25, 0.3) is 0 Å². The van der Waals surface area contributed by atoms with E-state index < -0.39 is 0 Å². The van der Waals surface area contributed by atoms with Crippen LogP contribution in [-0.4, -0.2) is 5.78 Å². The fraction of sp³-hybridized carbons (Fsp3) is 0.846. The van der Waals surface area contributed by atoms with Gasteiger partial charge < -0.3 is 0 Å². The Bertz CT molecular complexity index is 261. The summed E-state index contributed by atoms with van der Waals surface area (Å²) in [4.78, 5) is 11.5. The van der Waals surface area contributed by atoms with E-state index in [4.69, 9.17) is 5.26 Å². The lowest BCUT2D eigenvalue weighted by molar-refractivity contribution is -0.123. The zero-order valence-corrected chi connectivity index (χ0v) is 10.0. The number of hydrogen-bond acceptors (Lipinski definition) is 2. The van der Waals surface area contributed by atoms with Crippen molar-refractivity contribution < 1.29 is 4.79 Å². The van der Waals surface area contributed by atoms with Crippen LogP contribution in [0.3, 0.4) is 0 Å². The molecule has 0 heterocycles. The van der Waals surface area contributed by atoms with Gasteiger partial charge in [0.25, 0.3) is 0 Å². The molecule has 15 heavy (non-hydrogen) atoms. The molecule has 84 valence electrons. The maximum Gasteiger partial charge on any atom is 0.149 e. The maximum absolute atomic E-state index is 11.5. The molecule has 0 N–H and O–H groups in total. The third-order valence-corrected chi connectivity index (χ3v) is 3.66. The minimum absolute atomic E-state index is 0.102. The van der Waals surface area contributed by atoms with Crippen molar-refractivity contribution in [2.45, 2.75) is 52.9 Å². The van der Waals surface area contributed by atoms with E-state index in [-0.39, 0.29) is 18.1 Å². The highest BCUT2D eigenvalue weighted by atomic mass is 16.1. The molecule has 0 aliphatic heterocycles. The van der Waals surface area contributed by atoms with Crippen molar-refractivity contribution in [3.05, 3.63) is 0 Å². The van der Waals surface area contributed by atoms with Gasteiger partial charge in [-0.05, 0) is 37.0 Å². The van der Waals surface area contributed by atoms with E-state index in [9.17, 15) is 4.79 Å². The second-order valence-corrected chi connectivity index (χ2v) is 5.72. The first-order valence-corrected chi connectivity index (χ1v) is 5.85. The standard InChI is InChI=1S/C13H21NO/c1-13(2,3)11-6-4-10(5-7-11)12(15)8-9-14/h10-11H,4-8H2,1-3H3/t10-,11-. The molecule has 1 rings (SSSR count). The van der Waals surface area contributed by atoms with Gasteiger partial charge in [-0.25, -0.2) is 0 Å². The summed E-state index contributed by atoms with van der Waals surface area (Å²) < 4.78 is 0. The minimum atomic E-state index is 0.102. The van der Waals surface area contributed by atoms with E-state index in [2.05, 4.69) is 20.8 Å². The van der Waals surface area contributed by atoms with Crippen LogP contribution in [0.1, 0.15) is 52.9 Å². The first kappa shape index (κ1) is 12.2. The van der Waals surface area contributed by atoms with Crippen LogP contribution in [0.4, 0.5) is 0 Å². The third kappa shape index (κ3) is 3.34. The Morgan fingerprint density at radius 2 is 1.80 bits per heavy atom. The topological polar surface area (TPSA) is 40.9 Å². The largest absolute Gasteiger partial charge is 0.298 e. The molecule has 0 aromatic carbocycles. The van der Waals surface area contributed by atoms with Crippen LogP contribution in [0.2, 0.25) is 0 Å². The predicted octanol–water partition coefficient (Wildman–Crippen LogP) is 3.32. The maximum atomic E-state index is 11.5. The van der Waals surface area contributed by atoms with Crippen LogP contribution in [0.5, 0.6) is 0 Å². The van der Waals surface area contributed by atoms with Gasteiger partial charge in [-0.2, -0.15) is 5.26 Å². The molecule has 2 heteroatoms. The van der Waals surface area contributed by atoms with Crippen molar-refractivity contribution in [1.82, 2.24) is 0 Å². The monoisotopic (exact) mass is 207 g/mol. The molecule has 1 fully saturated rings. The summed E-state index contributed by atoms with van der Waals surface area (Å²) in [5.41, 5.74) is 0.364. The third-order valence-electron chi connectivity index (χ3n) is 3.66. The summed E-state index contributed by atoms with van der Waals surface area (Å²) in [6.45, 7) is 6.82. The van der Waals surface area contributed by atoms with Crippen LogP contribution in [0.15, 0.2) is 0 Å². The second kappa shape index (κ2) is 4.79. The molecular weight excluding hydrogens is 186 g/mol. The second-order valence-electron chi connectivity index (χ2n) is 5.72. The van der Waals surface area contributed by atoms with E-state index >= 15 is 0 Å². The number of nitrogens with zero attached hydrogens (tertiary/aromatic N) is 1. The van der Waals surface area contributed by atoms with Gasteiger partial charge in [0, 0.05) is 5.92 Å². The molecule has 1 aliphatic rings. The Balaban J connectivity index is 2.43. The lowest BCUT2D eigenvalue weighted by Crippen LogP contribution is -2.28. The highest BCUT2D eigenvalue weighted by molar-refractivity contribution is 5.82. The van der Waals surface area contributed by atoms with Gasteiger partial charge in [0.1, 0.15) is 5.78 Å². The molecule has 0 atom stereocenters.